The molecule has 0 rings (SSSR count). The van der Waals surface area contributed by atoms with E-state index in [4.69, 9.17) is 0 Å². The molecule has 0 amide bonds. The van der Waals surface area contributed by atoms with Gasteiger partial charge in [-0.15, -0.1) is 0 Å². The molecule has 0 aromatic rings. The largest absolute Gasteiger partial charge is 0.465 e. The predicted octanol–water partition coefficient (Wildman–Crippen LogP) is 9.81. The smallest absolute Gasteiger partial charge is 0.460 e. The van der Waals surface area contributed by atoms with Gasteiger partial charge in [-0.25, -0.2) is 0 Å². The van der Waals surface area contributed by atoms with Crippen molar-refractivity contribution in [3.63, 3.8) is 0 Å². The molecule has 0 N–H and O–H groups in total. The quantitative estimate of drug-likeness (QED) is 0.145. The lowest BCUT2D eigenvalue weighted by Crippen LogP contribution is -2.74. The van der Waals surface area contributed by atoms with E-state index in [-0.39, 0.29) is 6.42 Å². The number of hydrogen-bond donors (Lipinski definition) is 0. The van der Waals surface area contributed by atoms with E-state index in [1.165, 1.54) is 27.7 Å². The Balaban J connectivity index is 6.36. The molecule has 0 bridgehead atoms. The Morgan fingerprint density at radius 3 is 1.19 bits per heavy atom. The van der Waals surface area contributed by atoms with Crippen LogP contribution in [-0.2, 0) is 9.53 Å². The average molecular weight is 660 g/mol. The summed E-state index contributed by atoms with van der Waals surface area (Å²) < 4.78 is 232. The highest BCUT2D eigenvalue weighted by Crippen LogP contribution is 2.64. The van der Waals surface area contributed by atoms with Crippen molar-refractivity contribution < 1.29 is 84.2 Å². The van der Waals surface area contributed by atoms with E-state index in [1.807, 2.05) is 0 Å². The molecule has 0 radical (unpaired) electrons. The lowest BCUT2D eigenvalue weighted by molar-refractivity contribution is -0.461. The lowest BCUT2D eigenvalue weighted by atomic mass is 9.60. The third-order valence-electron chi connectivity index (χ3n) is 7.33. The molecule has 0 fully saturated rings. The summed E-state index contributed by atoms with van der Waals surface area (Å²) in [5.74, 6) is -58.3. The fourth-order valence-corrected chi connectivity index (χ4v) is 3.51. The molecule has 2 nitrogen and oxygen atoms in total. The van der Waals surface area contributed by atoms with Crippen LogP contribution in [0.2, 0.25) is 0 Å². The Kier molecular flexibility index (Phi) is 10.6. The van der Waals surface area contributed by atoms with Gasteiger partial charge in [0.05, 0.1) is 18.4 Å². The first-order chi connectivity index (χ1) is 17.9. The standard InChI is InChI=1S/C23H29F17O2/c1-8-14(5,6)11-15(7,13(2,3)4)12(41)42-10-9-16(24,25)17(26,27)18(28,29)19(30,31)20(32,33)21(34,35)22(36,37)23(38,39)40/h8-11H2,1-7H3. The molecule has 0 saturated heterocycles. The monoisotopic (exact) mass is 660 g/mol. The Morgan fingerprint density at radius 2 is 0.881 bits per heavy atom. The molecule has 1 atom stereocenters. The lowest BCUT2D eigenvalue weighted by Gasteiger charge is -2.44. The minimum absolute atomic E-state index is 0.0263. The van der Waals surface area contributed by atoms with E-state index < -0.39 is 82.9 Å². The number of ether oxygens (including phenoxy) is 1. The van der Waals surface area contributed by atoms with Gasteiger partial charge in [0, 0.05) is 0 Å². The molecule has 0 heterocycles. The highest BCUT2D eigenvalue weighted by atomic mass is 19.4. The van der Waals surface area contributed by atoms with E-state index >= 15 is 0 Å². The number of carbonyl (C=O) groups is 1. The number of halogens is 17. The summed E-state index contributed by atoms with van der Waals surface area (Å²) in [6.45, 7) is 8.79. The van der Waals surface area contributed by atoms with E-state index in [0.717, 1.165) is 0 Å². The Labute approximate surface area is 229 Å². The summed E-state index contributed by atoms with van der Waals surface area (Å²) in [5, 5.41) is 0. The van der Waals surface area contributed by atoms with E-state index in [0.29, 0.717) is 6.42 Å². The zero-order valence-electron chi connectivity index (χ0n) is 23.1. The van der Waals surface area contributed by atoms with Crippen molar-refractivity contribution in [3.05, 3.63) is 0 Å². The maximum Gasteiger partial charge on any atom is 0.460 e. The molecule has 0 aromatic heterocycles. The van der Waals surface area contributed by atoms with Crippen molar-refractivity contribution in [2.24, 2.45) is 16.2 Å². The number of esters is 1. The Hall–Kier alpha value is -1.72. The summed E-state index contributed by atoms with van der Waals surface area (Å²) in [6.07, 6.45) is -10.2. The van der Waals surface area contributed by atoms with Crippen molar-refractivity contribution in [3.8, 4) is 0 Å². The third kappa shape index (κ3) is 6.25. The molecule has 1 unspecified atom stereocenters. The molecule has 42 heavy (non-hydrogen) atoms. The van der Waals surface area contributed by atoms with Crippen LogP contribution in [0, 0.1) is 16.2 Å². The fraction of sp³-hybridized carbons (Fsp3) is 0.957. The van der Waals surface area contributed by atoms with Gasteiger partial charge in [-0.05, 0) is 24.2 Å². The van der Waals surface area contributed by atoms with Crippen LogP contribution >= 0.6 is 0 Å². The van der Waals surface area contributed by atoms with Gasteiger partial charge < -0.3 is 4.74 Å². The third-order valence-corrected chi connectivity index (χ3v) is 7.33. The molecule has 19 heteroatoms. The first-order valence-corrected chi connectivity index (χ1v) is 11.8. The van der Waals surface area contributed by atoms with Gasteiger partial charge in [0.15, 0.2) is 0 Å². The predicted molar refractivity (Wildman–Crippen MR) is 113 cm³/mol. The van der Waals surface area contributed by atoms with Gasteiger partial charge in [-0.1, -0.05) is 48.0 Å². The number of carbonyl (C=O) groups excluding carboxylic acids is 1. The number of rotatable bonds is 13. The first kappa shape index (κ1) is 40.3. The second-order valence-corrected chi connectivity index (χ2v) is 11.8. The van der Waals surface area contributed by atoms with Crippen molar-refractivity contribution in [1.29, 1.82) is 0 Å². The van der Waals surface area contributed by atoms with Gasteiger partial charge in [-0.3, -0.25) is 4.79 Å². The van der Waals surface area contributed by atoms with E-state index in [9.17, 15) is 79.4 Å². The van der Waals surface area contributed by atoms with Crippen LogP contribution in [-0.4, -0.2) is 60.2 Å². The maximum absolute atomic E-state index is 14.1. The zero-order chi connectivity index (χ0) is 34.6. The molecular weight excluding hydrogens is 631 g/mol. The van der Waals surface area contributed by atoms with E-state index in [1.54, 1.807) is 20.8 Å². The average Bonchev–Trinajstić information content (AvgIpc) is 2.76. The summed E-state index contributed by atoms with van der Waals surface area (Å²) in [6, 6.07) is 0. The number of alkyl halides is 17. The Morgan fingerprint density at radius 1 is 0.548 bits per heavy atom. The Bertz CT molecular complexity index is 961. The summed E-state index contributed by atoms with van der Waals surface area (Å²) in [4.78, 5) is 12.7. The maximum atomic E-state index is 14.1. The van der Waals surface area contributed by atoms with Crippen LogP contribution in [0.1, 0.15) is 67.7 Å². The highest BCUT2D eigenvalue weighted by Gasteiger charge is 2.95. The highest BCUT2D eigenvalue weighted by molar-refractivity contribution is 5.77. The van der Waals surface area contributed by atoms with Gasteiger partial charge in [0.2, 0.25) is 0 Å². The zero-order valence-corrected chi connectivity index (χ0v) is 23.1. The molecule has 0 saturated carbocycles. The molecule has 0 aliphatic heterocycles. The minimum atomic E-state index is -8.69. The normalized spacial score (nSPS) is 17.2. The van der Waals surface area contributed by atoms with E-state index in [2.05, 4.69) is 4.74 Å². The minimum Gasteiger partial charge on any atom is -0.465 e. The van der Waals surface area contributed by atoms with Crippen molar-refractivity contribution in [1.82, 2.24) is 0 Å². The van der Waals surface area contributed by atoms with Crippen LogP contribution in [0.15, 0.2) is 0 Å². The van der Waals surface area contributed by atoms with Crippen LogP contribution in [0.5, 0.6) is 0 Å². The second kappa shape index (κ2) is 11.0. The van der Waals surface area contributed by atoms with Crippen LogP contribution in [0.25, 0.3) is 0 Å². The van der Waals surface area contributed by atoms with Gasteiger partial charge in [-0.2, -0.15) is 74.6 Å². The molecule has 0 aliphatic carbocycles. The first-order valence-electron chi connectivity index (χ1n) is 11.8. The summed E-state index contributed by atoms with van der Waals surface area (Å²) in [7, 11) is 0. The van der Waals surface area contributed by atoms with Gasteiger partial charge in [0.1, 0.15) is 0 Å². The van der Waals surface area contributed by atoms with Crippen molar-refractivity contribution >= 4 is 5.97 Å². The van der Waals surface area contributed by atoms with Crippen LogP contribution < -0.4 is 0 Å². The van der Waals surface area contributed by atoms with Crippen LogP contribution in [0.3, 0.4) is 0 Å². The van der Waals surface area contributed by atoms with Crippen LogP contribution in [0.4, 0.5) is 74.6 Å². The fourth-order valence-electron chi connectivity index (χ4n) is 3.51. The summed E-state index contributed by atoms with van der Waals surface area (Å²) in [5.41, 5.74) is -3.24. The second-order valence-electron chi connectivity index (χ2n) is 11.8. The molecule has 0 spiro atoms. The summed E-state index contributed by atoms with van der Waals surface area (Å²) >= 11 is 0. The van der Waals surface area contributed by atoms with Gasteiger partial charge >= 0.3 is 53.6 Å². The number of hydrogen-bond acceptors (Lipinski definition) is 2. The molecular formula is C23H29F17O2. The van der Waals surface area contributed by atoms with Gasteiger partial charge in [0.25, 0.3) is 0 Å². The molecule has 0 aliphatic rings. The topological polar surface area (TPSA) is 26.3 Å². The molecule has 252 valence electrons. The SMILES string of the molecule is CCC(C)(C)CC(C)(C(=O)OCCC(F)(F)C(F)(F)C(F)(F)C(F)(F)C(F)(F)C(F)(F)C(F)(F)C(F)(F)F)C(C)(C)C. The van der Waals surface area contributed by atoms with Crippen molar-refractivity contribution in [2.75, 3.05) is 6.61 Å². The molecule has 0 aromatic carbocycles. The van der Waals surface area contributed by atoms with Crippen molar-refractivity contribution in [2.45, 2.75) is 115 Å².